The van der Waals surface area contributed by atoms with Crippen LogP contribution in [0.4, 0.5) is 16.0 Å². The highest BCUT2D eigenvalue weighted by Gasteiger charge is 2.13. The van der Waals surface area contributed by atoms with Crippen molar-refractivity contribution in [3.05, 3.63) is 60.0 Å². The standard InChI is InChI=1S/C15H9ClFN7/c16-9-1-2-11(17)10(5-9)12-6-14(23-13-3-4-18-7-19-13)24-15(22-12)20-8-21-24/h1-8H,(H,18,19,23). The molecule has 1 aromatic carbocycles. The van der Waals surface area contributed by atoms with Crippen LogP contribution in [-0.4, -0.2) is 29.5 Å². The summed E-state index contributed by atoms with van der Waals surface area (Å²) in [6.45, 7) is 0. The van der Waals surface area contributed by atoms with E-state index in [1.54, 1.807) is 18.3 Å². The first kappa shape index (κ1) is 14.5. The molecule has 0 spiro atoms. The Morgan fingerprint density at radius 2 is 2.00 bits per heavy atom. The second-order valence-electron chi connectivity index (χ2n) is 4.84. The Hall–Kier alpha value is -3.13. The molecule has 9 heteroatoms. The summed E-state index contributed by atoms with van der Waals surface area (Å²) in [5.41, 5.74) is 0.658. The van der Waals surface area contributed by atoms with E-state index in [2.05, 4.69) is 30.4 Å². The molecule has 118 valence electrons. The van der Waals surface area contributed by atoms with Crippen LogP contribution in [0.5, 0.6) is 0 Å². The average molecular weight is 342 g/mol. The third-order valence-electron chi connectivity index (χ3n) is 3.29. The number of anilines is 2. The molecule has 4 aromatic rings. The van der Waals surface area contributed by atoms with Crippen molar-refractivity contribution in [2.45, 2.75) is 0 Å². The van der Waals surface area contributed by atoms with Crippen molar-refractivity contribution in [3.8, 4) is 11.3 Å². The van der Waals surface area contributed by atoms with Gasteiger partial charge in [0, 0.05) is 22.8 Å². The minimum absolute atomic E-state index is 0.277. The SMILES string of the molecule is Fc1ccc(Cl)cc1-c1cc(Nc2ccncn2)n2ncnc2n1. The van der Waals surface area contributed by atoms with Gasteiger partial charge < -0.3 is 5.32 Å². The molecule has 0 aliphatic carbocycles. The second kappa shape index (κ2) is 5.82. The van der Waals surface area contributed by atoms with E-state index in [4.69, 9.17) is 11.6 Å². The highest BCUT2D eigenvalue weighted by Crippen LogP contribution is 2.27. The lowest BCUT2D eigenvalue weighted by Gasteiger charge is -2.10. The van der Waals surface area contributed by atoms with Crippen LogP contribution in [0.1, 0.15) is 0 Å². The smallest absolute Gasteiger partial charge is 0.254 e. The predicted molar refractivity (Wildman–Crippen MR) is 86.5 cm³/mol. The monoisotopic (exact) mass is 341 g/mol. The summed E-state index contributed by atoms with van der Waals surface area (Å²) in [6, 6.07) is 7.64. The molecular weight excluding hydrogens is 333 g/mol. The normalized spacial score (nSPS) is 10.9. The van der Waals surface area contributed by atoms with E-state index in [1.165, 1.54) is 35.4 Å². The van der Waals surface area contributed by atoms with Crippen LogP contribution in [0, 0.1) is 5.82 Å². The predicted octanol–water partition coefficient (Wildman–Crippen LogP) is 3.12. The maximum absolute atomic E-state index is 14.2. The molecule has 0 unspecified atom stereocenters. The van der Waals surface area contributed by atoms with Crippen molar-refractivity contribution < 1.29 is 4.39 Å². The molecule has 0 aliphatic rings. The highest BCUT2D eigenvalue weighted by atomic mass is 35.5. The quantitative estimate of drug-likeness (QED) is 0.616. The van der Waals surface area contributed by atoms with E-state index in [0.717, 1.165) is 0 Å². The molecule has 0 radical (unpaired) electrons. The van der Waals surface area contributed by atoms with E-state index in [9.17, 15) is 4.39 Å². The van der Waals surface area contributed by atoms with Gasteiger partial charge in [0.15, 0.2) is 0 Å². The van der Waals surface area contributed by atoms with Crippen LogP contribution < -0.4 is 5.32 Å². The Morgan fingerprint density at radius 3 is 2.83 bits per heavy atom. The zero-order chi connectivity index (χ0) is 16.5. The Balaban J connectivity index is 1.87. The van der Waals surface area contributed by atoms with Crippen molar-refractivity contribution >= 4 is 29.0 Å². The summed E-state index contributed by atoms with van der Waals surface area (Å²) >= 11 is 5.97. The summed E-state index contributed by atoms with van der Waals surface area (Å²) in [7, 11) is 0. The Bertz CT molecular complexity index is 1020. The maximum atomic E-state index is 14.2. The maximum Gasteiger partial charge on any atom is 0.254 e. The molecule has 0 atom stereocenters. The molecule has 3 heterocycles. The van der Waals surface area contributed by atoms with Crippen LogP contribution in [0.15, 0.2) is 49.2 Å². The lowest BCUT2D eigenvalue weighted by Crippen LogP contribution is -2.04. The minimum Gasteiger partial charge on any atom is -0.325 e. The van der Waals surface area contributed by atoms with Crippen molar-refractivity contribution in [3.63, 3.8) is 0 Å². The van der Waals surface area contributed by atoms with E-state index >= 15 is 0 Å². The van der Waals surface area contributed by atoms with E-state index in [-0.39, 0.29) is 5.56 Å². The molecule has 7 nitrogen and oxygen atoms in total. The van der Waals surface area contributed by atoms with E-state index in [0.29, 0.717) is 28.1 Å². The van der Waals surface area contributed by atoms with Crippen molar-refractivity contribution in [1.82, 2.24) is 29.5 Å². The lowest BCUT2D eigenvalue weighted by molar-refractivity contribution is 0.630. The van der Waals surface area contributed by atoms with Gasteiger partial charge in [0.25, 0.3) is 5.78 Å². The summed E-state index contributed by atoms with van der Waals surface area (Å²) < 4.78 is 15.7. The van der Waals surface area contributed by atoms with Crippen molar-refractivity contribution in [1.29, 1.82) is 0 Å². The summed E-state index contributed by atoms with van der Waals surface area (Å²) in [5, 5.41) is 7.61. The van der Waals surface area contributed by atoms with Gasteiger partial charge in [-0.2, -0.15) is 14.6 Å². The van der Waals surface area contributed by atoms with E-state index < -0.39 is 5.82 Å². The number of halogens is 2. The molecule has 0 amide bonds. The van der Waals surface area contributed by atoms with Crippen molar-refractivity contribution in [2.24, 2.45) is 0 Å². The zero-order valence-electron chi connectivity index (χ0n) is 12.1. The lowest BCUT2D eigenvalue weighted by atomic mass is 10.1. The molecule has 1 N–H and O–H groups in total. The molecule has 4 rings (SSSR count). The Labute approximate surface area is 140 Å². The third kappa shape index (κ3) is 2.63. The largest absolute Gasteiger partial charge is 0.325 e. The average Bonchev–Trinajstić information content (AvgIpc) is 3.07. The van der Waals surface area contributed by atoms with Gasteiger partial charge in [-0.25, -0.2) is 19.3 Å². The second-order valence-corrected chi connectivity index (χ2v) is 5.28. The number of hydrogen-bond donors (Lipinski definition) is 1. The van der Waals surface area contributed by atoms with Gasteiger partial charge in [-0.3, -0.25) is 0 Å². The third-order valence-corrected chi connectivity index (χ3v) is 3.53. The van der Waals surface area contributed by atoms with Crippen molar-refractivity contribution in [2.75, 3.05) is 5.32 Å². The molecule has 0 saturated heterocycles. The number of hydrogen-bond acceptors (Lipinski definition) is 6. The van der Waals surface area contributed by atoms with Gasteiger partial charge in [-0.15, -0.1) is 0 Å². The Morgan fingerprint density at radius 1 is 1.08 bits per heavy atom. The fourth-order valence-electron chi connectivity index (χ4n) is 2.23. The number of benzene rings is 1. The van der Waals surface area contributed by atoms with Gasteiger partial charge >= 0.3 is 0 Å². The Kier molecular flexibility index (Phi) is 3.51. The fourth-order valence-corrected chi connectivity index (χ4v) is 2.40. The van der Waals surface area contributed by atoms with Crippen LogP contribution >= 0.6 is 11.6 Å². The molecule has 0 bridgehead atoms. The molecule has 0 saturated carbocycles. The summed E-state index contributed by atoms with van der Waals surface area (Å²) in [4.78, 5) is 16.4. The van der Waals surface area contributed by atoms with Crippen LogP contribution in [0.3, 0.4) is 0 Å². The van der Waals surface area contributed by atoms with Gasteiger partial charge in [0.1, 0.15) is 30.1 Å². The van der Waals surface area contributed by atoms with Crippen LogP contribution in [-0.2, 0) is 0 Å². The highest BCUT2D eigenvalue weighted by molar-refractivity contribution is 6.30. The van der Waals surface area contributed by atoms with Crippen LogP contribution in [0.25, 0.3) is 17.0 Å². The first-order chi connectivity index (χ1) is 11.7. The van der Waals surface area contributed by atoms with Gasteiger partial charge in [-0.1, -0.05) is 11.6 Å². The fraction of sp³-hybridized carbons (Fsp3) is 0. The van der Waals surface area contributed by atoms with E-state index in [1.807, 2.05) is 0 Å². The minimum atomic E-state index is -0.427. The number of nitrogens with zero attached hydrogens (tertiary/aromatic N) is 6. The molecule has 0 aliphatic heterocycles. The molecule has 0 fully saturated rings. The summed E-state index contributed by atoms with van der Waals surface area (Å²) in [5.74, 6) is 0.989. The molecule has 24 heavy (non-hydrogen) atoms. The first-order valence-electron chi connectivity index (χ1n) is 6.90. The van der Waals surface area contributed by atoms with Gasteiger partial charge in [-0.05, 0) is 24.3 Å². The van der Waals surface area contributed by atoms with Gasteiger partial charge in [0.2, 0.25) is 0 Å². The zero-order valence-corrected chi connectivity index (χ0v) is 12.8. The van der Waals surface area contributed by atoms with Gasteiger partial charge in [0.05, 0.1) is 5.69 Å². The number of fused-ring (bicyclic) bond motifs is 1. The molecular formula is C15H9ClFN7. The summed E-state index contributed by atoms with van der Waals surface area (Å²) in [6.07, 6.45) is 4.39. The first-order valence-corrected chi connectivity index (χ1v) is 7.28. The number of rotatable bonds is 3. The van der Waals surface area contributed by atoms with Crippen LogP contribution in [0.2, 0.25) is 5.02 Å². The topological polar surface area (TPSA) is 80.9 Å². The number of aromatic nitrogens is 6. The molecule has 3 aromatic heterocycles. The number of nitrogens with one attached hydrogen (secondary N) is 1.